The number of nitrogens with zero attached hydrogens (tertiary/aromatic N) is 2. The lowest BCUT2D eigenvalue weighted by atomic mass is 9.90. The molecule has 0 spiro atoms. The molecule has 1 aliphatic rings. The zero-order valence-corrected chi connectivity index (χ0v) is 10.6. The summed E-state index contributed by atoms with van der Waals surface area (Å²) in [7, 11) is 0. The van der Waals surface area contributed by atoms with Crippen LogP contribution in [0.25, 0.3) is 0 Å². The normalized spacial score (nSPS) is 18.6. The van der Waals surface area contributed by atoms with Crippen molar-refractivity contribution in [2.45, 2.75) is 31.7 Å². The Labute approximate surface area is 106 Å². The Morgan fingerprint density at radius 1 is 1.44 bits per heavy atom. The summed E-state index contributed by atoms with van der Waals surface area (Å²) in [4.78, 5) is 7.90. The van der Waals surface area contributed by atoms with Gasteiger partial charge in [0.25, 0.3) is 0 Å². The van der Waals surface area contributed by atoms with Crippen molar-refractivity contribution in [2.75, 3.05) is 25.1 Å². The summed E-state index contributed by atoms with van der Waals surface area (Å²) in [5, 5.41) is 3.16. The van der Waals surface area contributed by atoms with E-state index in [-0.39, 0.29) is 17.2 Å². The molecule has 0 aromatic carbocycles. The van der Waals surface area contributed by atoms with Crippen LogP contribution < -0.4 is 11.1 Å². The Kier molecular flexibility index (Phi) is 4.08. The van der Waals surface area contributed by atoms with E-state index in [0.717, 1.165) is 12.8 Å². The van der Waals surface area contributed by atoms with Crippen LogP contribution in [0.3, 0.4) is 0 Å². The van der Waals surface area contributed by atoms with E-state index in [0.29, 0.717) is 31.9 Å². The second-order valence-electron chi connectivity index (χ2n) is 4.56. The summed E-state index contributed by atoms with van der Waals surface area (Å²) in [6.07, 6.45) is 3.44. The van der Waals surface area contributed by atoms with Crippen molar-refractivity contribution in [3.8, 4) is 0 Å². The third-order valence-electron chi connectivity index (χ3n) is 3.42. The third-order valence-corrected chi connectivity index (χ3v) is 3.42. The van der Waals surface area contributed by atoms with Gasteiger partial charge in [0.05, 0.1) is 11.2 Å². The quantitative estimate of drug-likeness (QED) is 0.841. The van der Waals surface area contributed by atoms with Gasteiger partial charge in [-0.25, -0.2) is 14.4 Å². The number of ether oxygens (including phenoxy) is 1. The van der Waals surface area contributed by atoms with Crippen LogP contribution in [0.5, 0.6) is 0 Å². The second kappa shape index (κ2) is 5.58. The molecule has 1 saturated heterocycles. The fourth-order valence-electron chi connectivity index (χ4n) is 2.13. The van der Waals surface area contributed by atoms with E-state index >= 15 is 0 Å². The van der Waals surface area contributed by atoms with Crippen molar-refractivity contribution in [1.29, 1.82) is 0 Å². The van der Waals surface area contributed by atoms with Gasteiger partial charge in [0, 0.05) is 19.8 Å². The Balaban J connectivity index is 2.21. The van der Waals surface area contributed by atoms with E-state index in [2.05, 4.69) is 15.3 Å². The van der Waals surface area contributed by atoms with Crippen LogP contribution in [-0.2, 0) is 11.2 Å². The van der Waals surface area contributed by atoms with E-state index in [4.69, 9.17) is 10.5 Å². The van der Waals surface area contributed by atoms with Crippen LogP contribution in [0, 0.1) is 5.82 Å². The molecule has 2 rings (SSSR count). The number of nitrogens with two attached hydrogens (primary N) is 1. The minimum Gasteiger partial charge on any atom is -0.381 e. The number of rotatable bonds is 4. The lowest BCUT2D eigenvalue weighted by molar-refractivity contribution is 0.0625. The molecule has 0 bridgehead atoms. The third kappa shape index (κ3) is 2.59. The van der Waals surface area contributed by atoms with Crippen molar-refractivity contribution < 1.29 is 9.13 Å². The summed E-state index contributed by atoms with van der Waals surface area (Å²) in [6, 6.07) is 0. The van der Waals surface area contributed by atoms with Crippen LogP contribution in [0.2, 0.25) is 0 Å². The largest absolute Gasteiger partial charge is 0.381 e. The number of aryl methyl sites for hydroxylation is 1. The first-order valence-corrected chi connectivity index (χ1v) is 6.26. The number of aromatic nitrogens is 2. The molecule has 1 fully saturated rings. The molecule has 1 aromatic rings. The van der Waals surface area contributed by atoms with Crippen molar-refractivity contribution in [1.82, 2.24) is 9.97 Å². The maximum atomic E-state index is 14.1. The maximum Gasteiger partial charge on any atom is 0.186 e. The van der Waals surface area contributed by atoms with Gasteiger partial charge in [0.2, 0.25) is 0 Å². The molecule has 6 heteroatoms. The lowest BCUT2D eigenvalue weighted by Crippen LogP contribution is -2.50. The molecule has 2 heterocycles. The summed E-state index contributed by atoms with van der Waals surface area (Å²) in [5.41, 5.74) is 5.92. The Bertz CT molecular complexity index is 407. The predicted molar refractivity (Wildman–Crippen MR) is 66.8 cm³/mol. The number of anilines is 1. The predicted octanol–water partition coefficient (Wildman–Crippen LogP) is 1.10. The van der Waals surface area contributed by atoms with E-state index < -0.39 is 0 Å². The first kappa shape index (κ1) is 13.2. The minimum atomic E-state index is -0.376. The highest BCUT2D eigenvalue weighted by atomic mass is 19.1. The van der Waals surface area contributed by atoms with Gasteiger partial charge < -0.3 is 15.8 Å². The molecule has 1 aliphatic heterocycles. The van der Waals surface area contributed by atoms with E-state index in [1.165, 1.54) is 6.33 Å². The lowest BCUT2D eigenvalue weighted by Gasteiger charge is -2.37. The zero-order valence-electron chi connectivity index (χ0n) is 10.6. The molecule has 0 aliphatic carbocycles. The summed E-state index contributed by atoms with van der Waals surface area (Å²) in [6.45, 7) is 3.57. The molecule has 0 radical (unpaired) electrons. The summed E-state index contributed by atoms with van der Waals surface area (Å²) in [5.74, 6) is -0.131. The number of halogens is 1. The van der Waals surface area contributed by atoms with Crippen molar-refractivity contribution >= 4 is 5.82 Å². The van der Waals surface area contributed by atoms with E-state index in [1.54, 1.807) is 0 Å². The highest BCUT2D eigenvalue weighted by molar-refractivity contribution is 5.40. The highest BCUT2D eigenvalue weighted by Crippen LogP contribution is 2.26. The molecule has 0 saturated carbocycles. The van der Waals surface area contributed by atoms with Gasteiger partial charge in [-0.15, -0.1) is 0 Å². The average Bonchev–Trinajstić information content (AvgIpc) is 2.42. The number of hydrogen-bond acceptors (Lipinski definition) is 5. The minimum absolute atomic E-state index is 0.245. The van der Waals surface area contributed by atoms with E-state index in [9.17, 15) is 4.39 Å². The van der Waals surface area contributed by atoms with Gasteiger partial charge in [-0.2, -0.15) is 0 Å². The fraction of sp³-hybridized carbons (Fsp3) is 0.667. The van der Waals surface area contributed by atoms with Crippen molar-refractivity contribution in [3.63, 3.8) is 0 Å². The topological polar surface area (TPSA) is 73.1 Å². The van der Waals surface area contributed by atoms with Gasteiger partial charge in [-0.05, 0) is 19.3 Å². The molecule has 0 unspecified atom stereocenters. The summed E-state index contributed by atoms with van der Waals surface area (Å²) >= 11 is 0. The first-order chi connectivity index (χ1) is 8.71. The standard InChI is InChI=1S/C12H19FN4O/c1-2-9-10(13)11(16-8-15-9)17-12(7-14)3-5-18-6-4-12/h8H,2-7,14H2,1H3,(H,15,16,17). The van der Waals surface area contributed by atoms with Crippen LogP contribution in [0.1, 0.15) is 25.5 Å². The molecule has 100 valence electrons. The van der Waals surface area contributed by atoms with Gasteiger partial charge in [-0.3, -0.25) is 0 Å². The first-order valence-electron chi connectivity index (χ1n) is 6.26. The zero-order chi connectivity index (χ0) is 13.0. The molecule has 5 nitrogen and oxygen atoms in total. The Hall–Kier alpha value is -1.27. The molecule has 0 amide bonds. The molecule has 3 N–H and O–H groups in total. The molecule has 1 aromatic heterocycles. The average molecular weight is 254 g/mol. The highest BCUT2D eigenvalue weighted by Gasteiger charge is 2.32. The summed E-state index contributed by atoms with van der Waals surface area (Å²) < 4.78 is 19.4. The SMILES string of the molecule is CCc1ncnc(NC2(CN)CCOCC2)c1F. The van der Waals surface area contributed by atoms with Crippen molar-refractivity contribution in [2.24, 2.45) is 5.73 Å². The van der Waals surface area contributed by atoms with Gasteiger partial charge >= 0.3 is 0 Å². The Morgan fingerprint density at radius 2 is 2.17 bits per heavy atom. The van der Waals surface area contributed by atoms with Gasteiger partial charge in [0.1, 0.15) is 6.33 Å². The second-order valence-corrected chi connectivity index (χ2v) is 4.56. The van der Waals surface area contributed by atoms with E-state index in [1.807, 2.05) is 6.92 Å². The molecule has 0 atom stereocenters. The van der Waals surface area contributed by atoms with Crippen LogP contribution >= 0.6 is 0 Å². The number of hydrogen-bond donors (Lipinski definition) is 2. The maximum absolute atomic E-state index is 14.1. The van der Waals surface area contributed by atoms with Crippen LogP contribution in [0.15, 0.2) is 6.33 Å². The monoisotopic (exact) mass is 254 g/mol. The molecular formula is C12H19FN4O. The van der Waals surface area contributed by atoms with Gasteiger partial charge in [-0.1, -0.05) is 6.92 Å². The Morgan fingerprint density at radius 3 is 2.78 bits per heavy atom. The molecular weight excluding hydrogens is 235 g/mol. The smallest absolute Gasteiger partial charge is 0.186 e. The van der Waals surface area contributed by atoms with Crippen LogP contribution in [-0.4, -0.2) is 35.3 Å². The van der Waals surface area contributed by atoms with Crippen LogP contribution in [0.4, 0.5) is 10.2 Å². The fourth-order valence-corrected chi connectivity index (χ4v) is 2.13. The molecule has 18 heavy (non-hydrogen) atoms. The number of nitrogens with one attached hydrogen (secondary N) is 1. The van der Waals surface area contributed by atoms with Crippen molar-refractivity contribution in [3.05, 3.63) is 17.8 Å². The van der Waals surface area contributed by atoms with Gasteiger partial charge in [0.15, 0.2) is 11.6 Å².